The number of allylic oxidation sites excluding steroid dienone is 8. The summed E-state index contributed by atoms with van der Waals surface area (Å²) in [5.41, 5.74) is 0. The molecule has 0 saturated carbocycles. The van der Waals surface area contributed by atoms with E-state index in [0.717, 1.165) is 64.2 Å². The van der Waals surface area contributed by atoms with Gasteiger partial charge >= 0.3 is 11.9 Å². The van der Waals surface area contributed by atoms with Crippen LogP contribution in [0.15, 0.2) is 48.6 Å². The Balaban J connectivity index is 3.39. The van der Waals surface area contributed by atoms with Gasteiger partial charge in [-0.05, 0) is 51.4 Å². The molecule has 1 N–H and O–H groups in total. The molecule has 0 fully saturated rings. The number of aliphatic hydroxyl groups excluding tert-OH is 1. The lowest BCUT2D eigenvalue weighted by molar-refractivity contribution is -0.161. The molecule has 5 nitrogen and oxygen atoms in total. The van der Waals surface area contributed by atoms with Gasteiger partial charge in [0.15, 0.2) is 6.10 Å². The van der Waals surface area contributed by atoms with Gasteiger partial charge in [-0.25, -0.2) is 0 Å². The van der Waals surface area contributed by atoms with Crippen LogP contribution in [0.3, 0.4) is 0 Å². The second-order valence-corrected chi connectivity index (χ2v) is 18.3. The van der Waals surface area contributed by atoms with Crippen molar-refractivity contribution >= 4 is 11.9 Å². The van der Waals surface area contributed by atoms with Crippen LogP contribution < -0.4 is 0 Å². The van der Waals surface area contributed by atoms with E-state index >= 15 is 0 Å². The molecule has 0 aromatic heterocycles. The molecule has 0 amide bonds. The molecule has 5 heteroatoms. The third-order valence-corrected chi connectivity index (χ3v) is 12.1. The highest BCUT2D eigenvalue weighted by atomic mass is 16.6. The minimum absolute atomic E-state index is 0.0599. The maximum Gasteiger partial charge on any atom is 0.306 e. The molecule has 0 heterocycles. The van der Waals surface area contributed by atoms with Crippen molar-refractivity contribution in [3.05, 3.63) is 48.6 Å². The standard InChI is InChI=1S/C57H104O5/c1-3-5-7-9-11-13-15-17-18-19-20-21-22-23-24-25-26-27-28-29-30-31-32-33-34-35-36-37-38-40-42-44-46-48-50-52-57(60)62-55(53-58)54-61-56(59)51-49-47-45-43-41-39-16-14-12-10-8-6-4-2/h5,7,11,13,17-18,20-21,55,58H,3-4,6,8-10,12,14-16,19,22-54H2,1-2H3/b7-5-,13-11-,18-17-,21-20-. The fraction of sp³-hybridized carbons (Fsp3) is 0.825. The van der Waals surface area contributed by atoms with Crippen LogP contribution in [0.2, 0.25) is 0 Å². The quantitative estimate of drug-likeness (QED) is 0.0375. The molecule has 0 bridgehead atoms. The van der Waals surface area contributed by atoms with Gasteiger partial charge in [0.2, 0.25) is 0 Å². The Kier molecular flexibility index (Phi) is 51.4. The summed E-state index contributed by atoms with van der Waals surface area (Å²) in [6, 6.07) is 0. The molecule has 0 aliphatic heterocycles. The number of carbonyl (C=O) groups is 2. The van der Waals surface area contributed by atoms with Crippen molar-refractivity contribution in [1.29, 1.82) is 0 Å². The number of unbranched alkanes of at least 4 members (excludes halogenated alkanes) is 34. The summed E-state index contributed by atoms with van der Waals surface area (Å²) in [4.78, 5) is 24.4. The average molecular weight is 869 g/mol. The van der Waals surface area contributed by atoms with Crippen LogP contribution in [0.5, 0.6) is 0 Å². The van der Waals surface area contributed by atoms with Crippen LogP contribution in [0.1, 0.15) is 284 Å². The SMILES string of the molecule is CC/C=C\C/C=C\C/C=C\C/C=C\CCCCCCCCCCCCCCCCCCCCCCCCC(=O)OC(CO)COC(=O)CCCCCCCCCCCCCCC. The molecule has 62 heavy (non-hydrogen) atoms. The zero-order chi connectivity index (χ0) is 44.9. The van der Waals surface area contributed by atoms with Gasteiger partial charge in [0.05, 0.1) is 6.61 Å². The summed E-state index contributed by atoms with van der Waals surface area (Å²) in [5.74, 6) is -0.575. The molecule has 0 aromatic carbocycles. The van der Waals surface area contributed by atoms with Gasteiger partial charge in [-0.15, -0.1) is 0 Å². The van der Waals surface area contributed by atoms with E-state index in [2.05, 4.69) is 62.5 Å². The number of hydrogen-bond acceptors (Lipinski definition) is 5. The van der Waals surface area contributed by atoms with Crippen LogP contribution >= 0.6 is 0 Å². The van der Waals surface area contributed by atoms with Crippen molar-refractivity contribution in [3.63, 3.8) is 0 Å². The van der Waals surface area contributed by atoms with Crippen LogP contribution in [0.4, 0.5) is 0 Å². The van der Waals surface area contributed by atoms with Gasteiger partial charge in [0, 0.05) is 12.8 Å². The Bertz CT molecular complexity index is 1030. The Labute approximate surface area is 386 Å². The van der Waals surface area contributed by atoms with E-state index in [-0.39, 0.29) is 25.2 Å². The van der Waals surface area contributed by atoms with E-state index in [1.54, 1.807) is 0 Å². The second kappa shape index (κ2) is 53.2. The first-order valence-electron chi connectivity index (χ1n) is 27.2. The maximum absolute atomic E-state index is 12.3. The maximum atomic E-state index is 12.3. The summed E-state index contributed by atoms with van der Waals surface area (Å²) >= 11 is 0. The third kappa shape index (κ3) is 50.5. The summed E-state index contributed by atoms with van der Waals surface area (Å²) < 4.78 is 10.7. The number of ether oxygens (including phenoxy) is 2. The van der Waals surface area contributed by atoms with Crippen molar-refractivity contribution in [2.24, 2.45) is 0 Å². The van der Waals surface area contributed by atoms with Crippen LogP contribution in [0, 0.1) is 0 Å². The highest BCUT2D eigenvalue weighted by Gasteiger charge is 2.16. The van der Waals surface area contributed by atoms with Crippen molar-refractivity contribution < 1.29 is 24.2 Å². The van der Waals surface area contributed by atoms with Gasteiger partial charge in [-0.2, -0.15) is 0 Å². The number of hydrogen-bond donors (Lipinski definition) is 1. The molecule has 1 unspecified atom stereocenters. The molecule has 0 spiro atoms. The molecular formula is C57H104O5. The van der Waals surface area contributed by atoms with Crippen LogP contribution in [-0.2, 0) is 19.1 Å². The number of esters is 2. The minimum Gasteiger partial charge on any atom is -0.462 e. The summed E-state index contributed by atoms with van der Waals surface area (Å²) in [7, 11) is 0. The largest absolute Gasteiger partial charge is 0.462 e. The van der Waals surface area contributed by atoms with Gasteiger partial charge in [0.25, 0.3) is 0 Å². The lowest BCUT2D eigenvalue weighted by atomic mass is 10.0. The van der Waals surface area contributed by atoms with Crippen molar-refractivity contribution in [2.45, 2.75) is 290 Å². The van der Waals surface area contributed by atoms with E-state index in [0.29, 0.717) is 12.8 Å². The molecule has 0 saturated heterocycles. The molecular weight excluding hydrogens is 765 g/mol. The van der Waals surface area contributed by atoms with Crippen molar-refractivity contribution in [3.8, 4) is 0 Å². The monoisotopic (exact) mass is 869 g/mol. The summed E-state index contributed by atoms with van der Waals surface area (Å²) in [6.07, 6.45) is 69.5. The van der Waals surface area contributed by atoms with Crippen molar-refractivity contribution in [1.82, 2.24) is 0 Å². The van der Waals surface area contributed by atoms with Gasteiger partial charge in [0.1, 0.15) is 6.61 Å². The van der Waals surface area contributed by atoms with Gasteiger partial charge in [-0.1, -0.05) is 268 Å². The first-order chi connectivity index (χ1) is 30.6. The normalized spacial score (nSPS) is 12.5. The highest BCUT2D eigenvalue weighted by molar-refractivity contribution is 5.70. The second-order valence-electron chi connectivity index (χ2n) is 18.3. The summed E-state index contributed by atoms with van der Waals surface area (Å²) in [5, 5.41) is 9.61. The highest BCUT2D eigenvalue weighted by Crippen LogP contribution is 2.17. The molecule has 0 aliphatic carbocycles. The lowest BCUT2D eigenvalue weighted by Crippen LogP contribution is -2.28. The number of rotatable bonds is 50. The number of carbonyl (C=O) groups excluding carboxylic acids is 2. The minimum atomic E-state index is -0.767. The first-order valence-corrected chi connectivity index (χ1v) is 27.2. The summed E-state index contributed by atoms with van der Waals surface area (Å²) in [6.45, 7) is 4.05. The Morgan fingerprint density at radius 2 is 0.694 bits per heavy atom. The zero-order valence-electron chi connectivity index (χ0n) is 41.4. The fourth-order valence-electron chi connectivity index (χ4n) is 8.08. The first kappa shape index (κ1) is 59.9. The third-order valence-electron chi connectivity index (χ3n) is 12.1. The molecule has 362 valence electrons. The lowest BCUT2D eigenvalue weighted by Gasteiger charge is -2.15. The van der Waals surface area contributed by atoms with E-state index in [4.69, 9.17) is 9.47 Å². The Morgan fingerprint density at radius 3 is 1.05 bits per heavy atom. The number of aliphatic hydroxyl groups is 1. The molecule has 0 rings (SSSR count). The van der Waals surface area contributed by atoms with E-state index in [9.17, 15) is 14.7 Å². The predicted molar refractivity (Wildman–Crippen MR) is 270 cm³/mol. The fourth-order valence-corrected chi connectivity index (χ4v) is 8.08. The zero-order valence-corrected chi connectivity index (χ0v) is 41.4. The topological polar surface area (TPSA) is 72.8 Å². The smallest absolute Gasteiger partial charge is 0.306 e. The Hall–Kier alpha value is -2.14. The average Bonchev–Trinajstić information content (AvgIpc) is 3.28. The van der Waals surface area contributed by atoms with E-state index in [1.807, 2.05) is 0 Å². The van der Waals surface area contributed by atoms with Crippen LogP contribution in [0.25, 0.3) is 0 Å². The molecule has 0 aliphatic rings. The van der Waals surface area contributed by atoms with Gasteiger partial charge in [-0.3, -0.25) is 9.59 Å². The van der Waals surface area contributed by atoms with Gasteiger partial charge < -0.3 is 14.6 Å². The Morgan fingerprint density at radius 1 is 0.387 bits per heavy atom. The van der Waals surface area contributed by atoms with E-state index < -0.39 is 6.10 Å². The van der Waals surface area contributed by atoms with Crippen LogP contribution in [-0.4, -0.2) is 36.4 Å². The molecule has 0 aromatic rings. The van der Waals surface area contributed by atoms with E-state index in [1.165, 1.54) is 193 Å². The van der Waals surface area contributed by atoms with Crippen molar-refractivity contribution in [2.75, 3.05) is 13.2 Å². The molecule has 1 atom stereocenters. The molecule has 0 radical (unpaired) electrons. The predicted octanol–water partition coefficient (Wildman–Crippen LogP) is 18.1.